The maximum Gasteiger partial charge on any atom is -0.00713 e. The van der Waals surface area contributed by atoms with E-state index in [0.717, 1.165) is 18.9 Å². The van der Waals surface area contributed by atoms with Crippen LogP contribution in [0.15, 0.2) is 18.2 Å². The van der Waals surface area contributed by atoms with Crippen LogP contribution >= 0.6 is 0 Å². The maximum atomic E-state index is 5.78. The van der Waals surface area contributed by atoms with E-state index in [1.165, 1.54) is 18.4 Å². The predicted octanol–water partition coefficient (Wildman–Crippen LogP) is 3.82. The average Bonchev–Trinajstić information content (AvgIpc) is 2.32. The second-order valence-corrected chi connectivity index (χ2v) is 5.81. The highest BCUT2D eigenvalue weighted by atomic mass is 14.5. The van der Waals surface area contributed by atoms with Gasteiger partial charge in [-0.05, 0) is 60.3 Å². The van der Waals surface area contributed by atoms with Crippen LogP contribution in [0, 0.1) is 5.92 Å². The first kappa shape index (κ1) is 12.6. The maximum absolute atomic E-state index is 5.78. The molecule has 0 aromatic heterocycles. The van der Waals surface area contributed by atoms with Crippen molar-refractivity contribution in [2.75, 3.05) is 6.54 Å². The quantitative estimate of drug-likeness (QED) is 0.840. The van der Waals surface area contributed by atoms with Crippen molar-refractivity contribution in [3.8, 4) is 0 Å². The lowest BCUT2D eigenvalue weighted by Gasteiger charge is -2.32. The van der Waals surface area contributed by atoms with E-state index >= 15 is 0 Å². The topological polar surface area (TPSA) is 26.0 Å². The van der Waals surface area contributed by atoms with Crippen molar-refractivity contribution in [2.45, 2.75) is 51.9 Å². The molecule has 0 amide bonds. The molecular formula is C16H25N. The summed E-state index contributed by atoms with van der Waals surface area (Å²) in [5.74, 6) is 2.09. The zero-order valence-corrected chi connectivity index (χ0v) is 11.4. The van der Waals surface area contributed by atoms with E-state index in [1.807, 2.05) is 0 Å². The molecule has 2 atom stereocenters. The molecule has 1 heteroatoms. The van der Waals surface area contributed by atoms with Crippen LogP contribution in [-0.4, -0.2) is 6.54 Å². The summed E-state index contributed by atoms with van der Waals surface area (Å²) in [6.45, 7) is 7.73. The van der Waals surface area contributed by atoms with Crippen LogP contribution in [0.25, 0.3) is 0 Å². The van der Waals surface area contributed by atoms with Gasteiger partial charge in [0.2, 0.25) is 0 Å². The SMILES string of the molecule is CC(C)c1ccc2c(c1)C(CCN)C(C)CC2. The summed E-state index contributed by atoms with van der Waals surface area (Å²) in [6, 6.07) is 7.09. The van der Waals surface area contributed by atoms with E-state index in [-0.39, 0.29) is 0 Å². The van der Waals surface area contributed by atoms with Crippen molar-refractivity contribution in [2.24, 2.45) is 11.7 Å². The van der Waals surface area contributed by atoms with Gasteiger partial charge in [0, 0.05) is 0 Å². The van der Waals surface area contributed by atoms with Gasteiger partial charge in [0.25, 0.3) is 0 Å². The second kappa shape index (κ2) is 5.22. The average molecular weight is 231 g/mol. The normalized spacial score (nSPS) is 23.8. The minimum absolute atomic E-state index is 0.621. The molecule has 2 rings (SSSR count). The van der Waals surface area contributed by atoms with Gasteiger partial charge < -0.3 is 5.73 Å². The first-order chi connectivity index (χ1) is 8.13. The smallest absolute Gasteiger partial charge is 0.00713 e. The van der Waals surface area contributed by atoms with Crippen molar-refractivity contribution in [1.82, 2.24) is 0 Å². The monoisotopic (exact) mass is 231 g/mol. The molecule has 1 aromatic carbocycles. The highest BCUT2D eigenvalue weighted by Crippen LogP contribution is 2.39. The number of nitrogens with two attached hydrogens (primary N) is 1. The van der Waals surface area contributed by atoms with Crippen LogP contribution in [0.5, 0.6) is 0 Å². The molecule has 0 bridgehead atoms. The Hall–Kier alpha value is -0.820. The second-order valence-electron chi connectivity index (χ2n) is 5.81. The van der Waals surface area contributed by atoms with E-state index in [9.17, 15) is 0 Å². The summed E-state index contributed by atoms with van der Waals surface area (Å²) in [5.41, 5.74) is 10.4. The molecule has 1 aliphatic rings. The molecule has 1 nitrogen and oxygen atoms in total. The third-order valence-corrected chi connectivity index (χ3v) is 4.27. The number of hydrogen-bond acceptors (Lipinski definition) is 1. The molecule has 94 valence electrons. The lowest BCUT2D eigenvalue weighted by Crippen LogP contribution is -2.21. The third-order valence-electron chi connectivity index (χ3n) is 4.27. The van der Waals surface area contributed by atoms with Crippen LogP contribution in [0.2, 0.25) is 0 Å². The molecule has 2 unspecified atom stereocenters. The molecule has 0 aliphatic heterocycles. The minimum atomic E-state index is 0.621. The van der Waals surface area contributed by atoms with Gasteiger partial charge in [-0.3, -0.25) is 0 Å². The van der Waals surface area contributed by atoms with Crippen LogP contribution in [0.1, 0.15) is 62.1 Å². The molecule has 0 saturated heterocycles. The number of benzene rings is 1. The highest BCUT2D eigenvalue weighted by molar-refractivity contribution is 5.38. The summed E-state index contributed by atoms with van der Waals surface area (Å²) in [5, 5.41) is 0. The molecule has 2 N–H and O–H groups in total. The highest BCUT2D eigenvalue weighted by Gasteiger charge is 2.26. The fraction of sp³-hybridized carbons (Fsp3) is 0.625. The van der Waals surface area contributed by atoms with Gasteiger partial charge >= 0.3 is 0 Å². The Labute approximate surface area is 105 Å². The predicted molar refractivity (Wildman–Crippen MR) is 74.4 cm³/mol. The van der Waals surface area contributed by atoms with E-state index in [4.69, 9.17) is 5.73 Å². The molecule has 0 fully saturated rings. The lowest BCUT2D eigenvalue weighted by atomic mass is 9.73. The Morgan fingerprint density at radius 2 is 2.12 bits per heavy atom. The molecule has 0 heterocycles. The van der Waals surface area contributed by atoms with E-state index in [0.29, 0.717) is 11.8 Å². The molecule has 0 radical (unpaired) electrons. The minimum Gasteiger partial charge on any atom is -0.330 e. The molecule has 0 saturated carbocycles. The van der Waals surface area contributed by atoms with Crippen LogP contribution in [0.3, 0.4) is 0 Å². The van der Waals surface area contributed by atoms with E-state index in [1.54, 1.807) is 11.1 Å². The number of rotatable bonds is 3. The Balaban J connectivity index is 2.37. The van der Waals surface area contributed by atoms with Crippen LogP contribution in [-0.2, 0) is 6.42 Å². The van der Waals surface area contributed by atoms with Gasteiger partial charge in [-0.15, -0.1) is 0 Å². The number of hydrogen-bond donors (Lipinski definition) is 1. The largest absolute Gasteiger partial charge is 0.330 e. The molecule has 1 aromatic rings. The standard InChI is InChI=1S/C16H25N/c1-11(2)14-7-6-13-5-4-12(3)15(8-9-17)16(13)10-14/h6-7,10-12,15H,4-5,8-9,17H2,1-3H3. The number of fused-ring (bicyclic) bond motifs is 1. The molecule has 17 heavy (non-hydrogen) atoms. The van der Waals surface area contributed by atoms with Crippen molar-refractivity contribution in [3.63, 3.8) is 0 Å². The van der Waals surface area contributed by atoms with Crippen molar-refractivity contribution in [1.29, 1.82) is 0 Å². The third kappa shape index (κ3) is 2.55. The summed E-state index contributed by atoms with van der Waals surface area (Å²) in [4.78, 5) is 0. The zero-order valence-electron chi connectivity index (χ0n) is 11.4. The van der Waals surface area contributed by atoms with E-state index in [2.05, 4.69) is 39.0 Å². The van der Waals surface area contributed by atoms with Gasteiger partial charge in [-0.1, -0.05) is 39.0 Å². The Bertz CT molecular complexity index is 381. The van der Waals surface area contributed by atoms with Gasteiger partial charge in [0.05, 0.1) is 0 Å². The van der Waals surface area contributed by atoms with Gasteiger partial charge in [0.15, 0.2) is 0 Å². The summed E-state index contributed by atoms with van der Waals surface area (Å²) in [7, 11) is 0. The summed E-state index contributed by atoms with van der Waals surface area (Å²) >= 11 is 0. The lowest BCUT2D eigenvalue weighted by molar-refractivity contribution is 0.387. The van der Waals surface area contributed by atoms with Gasteiger partial charge in [-0.25, -0.2) is 0 Å². The first-order valence-electron chi connectivity index (χ1n) is 6.96. The molecule has 0 spiro atoms. The fourth-order valence-electron chi connectivity index (χ4n) is 3.06. The van der Waals surface area contributed by atoms with Crippen molar-refractivity contribution in [3.05, 3.63) is 34.9 Å². The summed E-state index contributed by atoms with van der Waals surface area (Å²) < 4.78 is 0. The fourth-order valence-corrected chi connectivity index (χ4v) is 3.06. The first-order valence-corrected chi connectivity index (χ1v) is 6.96. The van der Waals surface area contributed by atoms with Gasteiger partial charge in [-0.2, -0.15) is 0 Å². The van der Waals surface area contributed by atoms with Crippen molar-refractivity contribution < 1.29 is 0 Å². The molecule has 1 aliphatic carbocycles. The van der Waals surface area contributed by atoms with Gasteiger partial charge in [0.1, 0.15) is 0 Å². The van der Waals surface area contributed by atoms with E-state index < -0.39 is 0 Å². The van der Waals surface area contributed by atoms with Crippen LogP contribution < -0.4 is 5.73 Å². The molecular weight excluding hydrogens is 206 g/mol. The summed E-state index contributed by atoms with van der Waals surface area (Å²) in [6.07, 6.45) is 3.70. The Kier molecular flexibility index (Phi) is 3.88. The Morgan fingerprint density at radius 3 is 2.76 bits per heavy atom. The zero-order chi connectivity index (χ0) is 12.4. The van der Waals surface area contributed by atoms with Crippen molar-refractivity contribution >= 4 is 0 Å². The number of aryl methyl sites for hydroxylation is 1. The van der Waals surface area contributed by atoms with Crippen LogP contribution in [0.4, 0.5) is 0 Å². The Morgan fingerprint density at radius 1 is 1.35 bits per heavy atom.